The molecule has 3 aromatic carbocycles. The van der Waals surface area contributed by atoms with Crippen LogP contribution < -0.4 is 15.0 Å². The van der Waals surface area contributed by atoms with E-state index in [1.165, 1.54) is 7.11 Å². The van der Waals surface area contributed by atoms with E-state index in [2.05, 4.69) is 5.32 Å². The number of hydrogen-bond donors (Lipinski definition) is 3. The van der Waals surface area contributed by atoms with Gasteiger partial charge in [0.25, 0.3) is 11.8 Å². The van der Waals surface area contributed by atoms with Gasteiger partial charge in [0, 0.05) is 29.3 Å². The van der Waals surface area contributed by atoms with Gasteiger partial charge in [-0.3, -0.25) is 9.59 Å². The number of anilines is 2. The molecular weight excluding hydrogens is 456 g/mol. The van der Waals surface area contributed by atoms with Crippen LogP contribution in [0.25, 0.3) is 0 Å². The zero-order chi connectivity index (χ0) is 25.7. The highest BCUT2D eigenvalue weighted by Gasteiger charge is 2.52. The van der Waals surface area contributed by atoms with Gasteiger partial charge in [-0.25, -0.2) is 0 Å². The van der Waals surface area contributed by atoms with Crippen LogP contribution >= 0.6 is 0 Å². The summed E-state index contributed by atoms with van der Waals surface area (Å²) in [6.07, 6.45) is 3.95. The van der Waals surface area contributed by atoms with E-state index in [4.69, 9.17) is 9.84 Å². The summed E-state index contributed by atoms with van der Waals surface area (Å²) < 4.78 is 5.36. The van der Waals surface area contributed by atoms with Gasteiger partial charge in [0.1, 0.15) is 5.75 Å². The van der Waals surface area contributed by atoms with E-state index >= 15 is 0 Å². The minimum absolute atomic E-state index is 0.0106. The van der Waals surface area contributed by atoms with Crippen molar-refractivity contribution in [3.8, 4) is 5.75 Å². The molecule has 2 amide bonds. The number of rotatable bonds is 9. The number of nitrogens with zero attached hydrogens (tertiary/aromatic N) is 1. The van der Waals surface area contributed by atoms with Crippen LogP contribution in [0.4, 0.5) is 11.4 Å². The maximum atomic E-state index is 13.7. The maximum Gasteiger partial charge on any atom is 0.264 e. The normalized spacial score (nSPS) is 17.8. The van der Waals surface area contributed by atoms with Crippen LogP contribution in [-0.4, -0.2) is 35.7 Å². The average molecular weight is 487 g/mol. The fourth-order valence-electron chi connectivity index (χ4n) is 4.45. The first kappa shape index (κ1) is 25.2. The molecule has 2 atom stereocenters. The molecule has 0 fully saturated rings. The molecule has 4 rings (SSSR count). The van der Waals surface area contributed by atoms with Crippen LogP contribution in [0, 0.1) is 5.92 Å². The molecule has 0 saturated carbocycles. The highest BCUT2D eigenvalue weighted by molar-refractivity contribution is 6.07. The second kappa shape index (κ2) is 10.8. The molecule has 0 spiro atoms. The number of fused-ring (bicyclic) bond motifs is 1. The van der Waals surface area contributed by atoms with E-state index in [-0.39, 0.29) is 19.1 Å². The fraction of sp³-hybridized carbons (Fsp3) is 0.241. The molecule has 0 radical (unpaired) electrons. The van der Waals surface area contributed by atoms with Crippen molar-refractivity contribution in [2.75, 3.05) is 23.9 Å². The summed E-state index contributed by atoms with van der Waals surface area (Å²) in [5, 5.41) is 23.7. The van der Waals surface area contributed by atoms with Gasteiger partial charge in [-0.1, -0.05) is 49.4 Å². The van der Waals surface area contributed by atoms with Crippen LogP contribution in [-0.2, 0) is 16.9 Å². The number of carbonyl (C=O) groups excluding carboxylic acids is 2. The summed E-state index contributed by atoms with van der Waals surface area (Å²) in [6, 6.07) is 21.5. The molecule has 1 heterocycles. The summed E-state index contributed by atoms with van der Waals surface area (Å²) in [6.45, 7) is 1.98. The third-order valence-corrected chi connectivity index (χ3v) is 6.42. The SMILES string of the molecule is COc1ccc2c(c1)[C@](O)([C@@H](C)/C=C/CCO)C(=O)N2Cc1cccc(NC(=O)c2ccccc2)c1. The number of nitrogens with one attached hydrogen (secondary N) is 1. The molecule has 0 aromatic heterocycles. The Morgan fingerprint density at radius 3 is 2.61 bits per heavy atom. The first-order chi connectivity index (χ1) is 17.4. The summed E-state index contributed by atoms with van der Waals surface area (Å²) in [5.74, 6) is -0.659. The van der Waals surface area contributed by atoms with Gasteiger partial charge in [-0.2, -0.15) is 0 Å². The molecule has 7 nitrogen and oxygen atoms in total. The molecule has 0 bridgehead atoms. The molecule has 36 heavy (non-hydrogen) atoms. The standard InChI is InChI=1S/C29H30N2O5/c1-20(9-6-7-16-32)29(35)25-18-24(36-2)14-15-26(25)31(28(29)34)19-21-10-8-13-23(17-21)30-27(33)22-11-4-3-5-12-22/h3-6,8-15,17-18,20,32,35H,7,16,19H2,1-2H3,(H,30,33)/b9-6+/t20-,29+/m0/s1. The van der Waals surface area contributed by atoms with Crippen molar-refractivity contribution in [2.24, 2.45) is 5.92 Å². The highest BCUT2D eigenvalue weighted by atomic mass is 16.5. The Balaban J connectivity index is 1.62. The van der Waals surface area contributed by atoms with Crippen LogP contribution in [0.5, 0.6) is 5.75 Å². The molecule has 1 aliphatic heterocycles. The number of aliphatic hydroxyl groups is 2. The van der Waals surface area contributed by atoms with Gasteiger partial charge in [-0.05, 0) is 54.4 Å². The van der Waals surface area contributed by atoms with Gasteiger partial charge in [-0.15, -0.1) is 0 Å². The molecule has 0 saturated heterocycles. The topological polar surface area (TPSA) is 99.1 Å². The Hall–Kier alpha value is -3.94. The van der Waals surface area contributed by atoms with Crippen molar-refractivity contribution >= 4 is 23.2 Å². The lowest BCUT2D eigenvalue weighted by atomic mass is 9.83. The summed E-state index contributed by atoms with van der Waals surface area (Å²) >= 11 is 0. The molecule has 7 heteroatoms. The molecule has 0 aliphatic carbocycles. The predicted octanol–water partition coefficient (Wildman–Crippen LogP) is 4.26. The van der Waals surface area contributed by atoms with E-state index < -0.39 is 17.4 Å². The van der Waals surface area contributed by atoms with Crippen LogP contribution in [0.1, 0.15) is 34.8 Å². The Morgan fingerprint density at radius 1 is 1.11 bits per heavy atom. The van der Waals surface area contributed by atoms with Gasteiger partial charge in [0.15, 0.2) is 5.60 Å². The Bertz CT molecular complexity index is 1270. The van der Waals surface area contributed by atoms with Crippen LogP contribution in [0.15, 0.2) is 84.9 Å². The van der Waals surface area contributed by atoms with Crippen molar-refractivity contribution in [1.82, 2.24) is 0 Å². The number of aliphatic hydroxyl groups excluding tert-OH is 1. The number of benzene rings is 3. The Kier molecular flexibility index (Phi) is 7.52. The quantitative estimate of drug-likeness (QED) is 0.393. The van der Waals surface area contributed by atoms with E-state index in [0.717, 1.165) is 5.56 Å². The first-order valence-corrected chi connectivity index (χ1v) is 11.8. The predicted molar refractivity (Wildman–Crippen MR) is 139 cm³/mol. The highest BCUT2D eigenvalue weighted by Crippen LogP contribution is 2.47. The van der Waals surface area contributed by atoms with Gasteiger partial charge in [0.2, 0.25) is 0 Å². The zero-order valence-electron chi connectivity index (χ0n) is 20.3. The van der Waals surface area contributed by atoms with E-state index in [0.29, 0.717) is 34.7 Å². The van der Waals surface area contributed by atoms with Gasteiger partial charge < -0.3 is 25.2 Å². The van der Waals surface area contributed by atoms with Crippen LogP contribution in [0.2, 0.25) is 0 Å². The van der Waals surface area contributed by atoms with Gasteiger partial charge in [0.05, 0.1) is 19.3 Å². The van der Waals surface area contributed by atoms with Crippen molar-refractivity contribution in [1.29, 1.82) is 0 Å². The minimum Gasteiger partial charge on any atom is -0.497 e. The number of amides is 2. The second-order valence-electron chi connectivity index (χ2n) is 8.79. The van der Waals surface area contributed by atoms with E-state index in [9.17, 15) is 14.7 Å². The maximum absolute atomic E-state index is 13.7. The lowest BCUT2D eigenvalue weighted by Gasteiger charge is -2.28. The second-order valence-corrected chi connectivity index (χ2v) is 8.79. The summed E-state index contributed by atoms with van der Waals surface area (Å²) in [5.41, 5.74) is 1.25. The molecule has 3 N–H and O–H groups in total. The molecule has 0 unspecified atom stereocenters. The third-order valence-electron chi connectivity index (χ3n) is 6.42. The molecule has 3 aromatic rings. The monoisotopic (exact) mass is 486 g/mol. The van der Waals surface area contributed by atoms with Crippen LogP contribution in [0.3, 0.4) is 0 Å². The molecule has 186 valence electrons. The van der Waals surface area contributed by atoms with Crippen molar-refractivity contribution < 1.29 is 24.5 Å². The lowest BCUT2D eigenvalue weighted by molar-refractivity contribution is -0.139. The first-order valence-electron chi connectivity index (χ1n) is 11.8. The van der Waals surface area contributed by atoms with Gasteiger partial charge >= 0.3 is 0 Å². The average Bonchev–Trinajstić information content (AvgIpc) is 3.11. The molecule has 1 aliphatic rings. The largest absolute Gasteiger partial charge is 0.497 e. The van der Waals surface area contributed by atoms with E-state index in [1.807, 2.05) is 24.3 Å². The number of carbonyl (C=O) groups is 2. The van der Waals surface area contributed by atoms with E-state index in [1.54, 1.807) is 72.5 Å². The van der Waals surface area contributed by atoms with Crippen molar-refractivity contribution in [3.63, 3.8) is 0 Å². The number of ether oxygens (including phenoxy) is 1. The Labute approximate surface area is 210 Å². The lowest BCUT2D eigenvalue weighted by Crippen LogP contribution is -2.44. The van der Waals surface area contributed by atoms with Crippen molar-refractivity contribution in [3.05, 3.63) is 102 Å². The number of methoxy groups -OCH3 is 1. The Morgan fingerprint density at radius 2 is 1.89 bits per heavy atom. The van der Waals surface area contributed by atoms with Crippen molar-refractivity contribution in [2.45, 2.75) is 25.5 Å². The zero-order valence-corrected chi connectivity index (χ0v) is 20.3. The smallest absolute Gasteiger partial charge is 0.264 e. The molecular formula is C29H30N2O5. The fourth-order valence-corrected chi connectivity index (χ4v) is 4.45. The summed E-state index contributed by atoms with van der Waals surface area (Å²) in [7, 11) is 1.54. The third kappa shape index (κ3) is 4.89. The number of hydrogen-bond acceptors (Lipinski definition) is 5. The summed E-state index contributed by atoms with van der Waals surface area (Å²) in [4.78, 5) is 27.8. The minimum atomic E-state index is -1.78.